The maximum atomic E-state index is 12.6. The van der Waals surface area contributed by atoms with E-state index in [1.807, 2.05) is 13.0 Å². The van der Waals surface area contributed by atoms with Crippen molar-refractivity contribution in [1.29, 1.82) is 0 Å². The van der Waals surface area contributed by atoms with Gasteiger partial charge >= 0.3 is 6.03 Å². The van der Waals surface area contributed by atoms with E-state index in [0.717, 1.165) is 23.3 Å². The molecule has 1 fully saturated rings. The number of amides is 4. The zero-order chi connectivity index (χ0) is 18.4. The van der Waals surface area contributed by atoms with Crippen LogP contribution in [-0.4, -0.2) is 34.3 Å². The molecule has 6 nitrogen and oxygen atoms in total. The lowest BCUT2D eigenvalue weighted by Crippen LogP contribution is -2.49. The predicted molar refractivity (Wildman–Crippen MR) is 93.9 cm³/mol. The third kappa shape index (κ3) is 3.13. The maximum Gasteiger partial charge on any atom is 0.325 e. The van der Waals surface area contributed by atoms with E-state index >= 15 is 0 Å². The number of hydrogen-bond acceptors (Lipinski definition) is 3. The number of hydrogen-bond donors (Lipinski definition) is 2. The summed E-state index contributed by atoms with van der Waals surface area (Å²) in [5.74, 6) is -0.723. The van der Waals surface area contributed by atoms with Crippen molar-refractivity contribution in [1.82, 2.24) is 15.5 Å². The molecule has 0 saturated carbocycles. The lowest BCUT2D eigenvalue weighted by molar-refractivity contribution is -0.137. The third-order valence-corrected chi connectivity index (χ3v) is 5.14. The first-order valence-corrected chi connectivity index (χ1v) is 8.78. The van der Waals surface area contributed by atoms with Crippen LogP contribution >= 0.6 is 0 Å². The monoisotopic (exact) mass is 343 g/mol. The van der Waals surface area contributed by atoms with Gasteiger partial charge in [-0.1, -0.05) is 18.2 Å². The minimum Gasteiger partial charge on any atom is -0.348 e. The Bertz CT molecular complexity index is 741. The summed E-state index contributed by atoms with van der Waals surface area (Å²) in [4.78, 5) is 37.9. The van der Waals surface area contributed by atoms with Gasteiger partial charge in [0.05, 0.1) is 6.04 Å². The maximum absolute atomic E-state index is 12.6. The van der Waals surface area contributed by atoms with E-state index in [9.17, 15) is 14.4 Å². The second-order valence-corrected chi connectivity index (χ2v) is 7.52. The number of fused-ring (bicyclic) bond motifs is 1. The van der Waals surface area contributed by atoms with E-state index in [1.165, 1.54) is 17.5 Å². The fourth-order valence-electron chi connectivity index (χ4n) is 3.52. The number of imide groups is 1. The van der Waals surface area contributed by atoms with Crippen LogP contribution in [0.15, 0.2) is 18.2 Å². The van der Waals surface area contributed by atoms with Crippen molar-refractivity contribution in [3.63, 3.8) is 0 Å². The van der Waals surface area contributed by atoms with Crippen molar-refractivity contribution in [2.24, 2.45) is 0 Å². The summed E-state index contributed by atoms with van der Waals surface area (Å²) in [5, 5.41) is 5.52. The number of carbonyl (C=O) groups excluding carboxylic acids is 3. The molecular weight excluding hydrogens is 318 g/mol. The second-order valence-electron chi connectivity index (χ2n) is 7.52. The van der Waals surface area contributed by atoms with Crippen molar-refractivity contribution in [2.45, 2.75) is 64.6 Å². The van der Waals surface area contributed by atoms with Crippen LogP contribution in [0.5, 0.6) is 0 Å². The number of rotatable bonds is 4. The lowest BCUT2D eigenvalue weighted by Gasteiger charge is -2.24. The summed E-state index contributed by atoms with van der Waals surface area (Å²) in [6.45, 7) is 6.75. The SMILES string of the molecule is C[C@H](NC(=O)[C@@H](C)N1C(=O)NC(C)(C)C1=O)c1ccc2c(c1)CCC2. The molecule has 2 atom stereocenters. The van der Waals surface area contributed by atoms with Crippen LogP contribution in [0.1, 0.15) is 56.8 Å². The van der Waals surface area contributed by atoms with Crippen molar-refractivity contribution in [3.8, 4) is 0 Å². The molecule has 134 valence electrons. The van der Waals surface area contributed by atoms with Gasteiger partial charge in [-0.25, -0.2) is 9.69 Å². The molecule has 1 aliphatic carbocycles. The fourth-order valence-corrected chi connectivity index (χ4v) is 3.52. The largest absolute Gasteiger partial charge is 0.348 e. The number of nitrogens with zero attached hydrogens (tertiary/aromatic N) is 1. The molecule has 0 radical (unpaired) electrons. The Labute approximate surface area is 148 Å². The highest BCUT2D eigenvalue weighted by molar-refractivity contribution is 6.09. The zero-order valence-electron chi connectivity index (χ0n) is 15.2. The van der Waals surface area contributed by atoms with E-state index in [1.54, 1.807) is 20.8 Å². The number of aryl methyl sites for hydroxylation is 2. The van der Waals surface area contributed by atoms with E-state index in [4.69, 9.17) is 0 Å². The Morgan fingerprint density at radius 1 is 1.20 bits per heavy atom. The summed E-state index contributed by atoms with van der Waals surface area (Å²) in [5.41, 5.74) is 2.80. The van der Waals surface area contributed by atoms with Crippen molar-refractivity contribution < 1.29 is 14.4 Å². The molecule has 0 unspecified atom stereocenters. The molecular formula is C19H25N3O3. The first-order chi connectivity index (χ1) is 11.7. The Hall–Kier alpha value is -2.37. The van der Waals surface area contributed by atoms with Crippen LogP contribution in [0.4, 0.5) is 4.79 Å². The van der Waals surface area contributed by atoms with Gasteiger partial charge in [-0.3, -0.25) is 9.59 Å². The van der Waals surface area contributed by atoms with Crippen molar-refractivity contribution >= 4 is 17.8 Å². The van der Waals surface area contributed by atoms with Gasteiger partial charge in [0.2, 0.25) is 5.91 Å². The molecule has 4 amide bonds. The third-order valence-electron chi connectivity index (χ3n) is 5.14. The summed E-state index contributed by atoms with van der Waals surface area (Å²) >= 11 is 0. The van der Waals surface area contributed by atoms with E-state index < -0.39 is 17.6 Å². The molecule has 6 heteroatoms. The Morgan fingerprint density at radius 2 is 1.88 bits per heavy atom. The van der Waals surface area contributed by atoms with Crippen LogP contribution in [-0.2, 0) is 22.4 Å². The molecule has 1 aliphatic heterocycles. The molecule has 1 aromatic rings. The van der Waals surface area contributed by atoms with Crippen LogP contribution in [0.2, 0.25) is 0 Å². The highest BCUT2D eigenvalue weighted by Gasteiger charge is 2.47. The standard InChI is InChI=1S/C19H25N3O3/c1-11(14-9-8-13-6-5-7-15(13)10-14)20-16(23)12(2)22-17(24)19(3,4)21-18(22)25/h8-12H,5-7H2,1-4H3,(H,20,23)(H,21,25)/t11-,12+/m0/s1. The van der Waals surface area contributed by atoms with Crippen LogP contribution in [0.3, 0.4) is 0 Å². The van der Waals surface area contributed by atoms with E-state index in [-0.39, 0.29) is 17.9 Å². The van der Waals surface area contributed by atoms with Crippen molar-refractivity contribution in [2.75, 3.05) is 0 Å². The average molecular weight is 343 g/mol. The smallest absolute Gasteiger partial charge is 0.325 e. The van der Waals surface area contributed by atoms with Gasteiger partial charge in [-0.2, -0.15) is 0 Å². The van der Waals surface area contributed by atoms with Gasteiger partial charge in [0.1, 0.15) is 11.6 Å². The van der Waals surface area contributed by atoms with E-state index in [0.29, 0.717) is 0 Å². The first kappa shape index (κ1) is 17.5. The summed E-state index contributed by atoms with van der Waals surface area (Å²) in [6, 6.07) is 4.75. The van der Waals surface area contributed by atoms with Gasteiger partial charge in [0.25, 0.3) is 5.91 Å². The molecule has 0 aromatic heterocycles. The summed E-state index contributed by atoms with van der Waals surface area (Å²) in [7, 11) is 0. The molecule has 1 heterocycles. The second kappa shape index (κ2) is 6.17. The fraction of sp³-hybridized carbons (Fsp3) is 0.526. The zero-order valence-corrected chi connectivity index (χ0v) is 15.2. The van der Waals surface area contributed by atoms with Gasteiger partial charge in [0.15, 0.2) is 0 Å². The predicted octanol–water partition coefficient (Wildman–Crippen LogP) is 2.07. The molecule has 2 N–H and O–H groups in total. The van der Waals surface area contributed by atoms with E-state index in [2.05, 4.69) is 22.8 Å². The van der Waals surface area contributed by atoms with Crippen molar-refractivity contribution in [3.05, 3.63) is 34.9 Å². The highest BCUT2D eigenvalue weighted by Crippen LogP contribution is 2.26. The molecule has 1 aromatic carbocycles. The number of urea groups is 1. The topological polar surface area (TPSA) is 78.5 Å². The minimum absolute atomic E-state index is 0.186. The van der Waals surface area contributed by atoms with Crippen LogP contribution < -0.4 is 10.6 Å². The molecule has 0 bridgehead atoms. The van der Waals surface area contributed by atoms with Gasteiger partial charge < -0.3 is 10.6 Å². The summed E-state index contributed by atoms with van der Waals surface area (Å²) in [6.07, 6.45) is 3.38. The Balaban J connectivity index is 1.69. The van der Waals surface area contributed by atoms with Crippen LogP contribution in [0, 0.1) is 0 Å². The lowest BCUT2D eigenvalue weighted by atomic mass is 10.0. The van der Waals surface area contributed by atoms with Crippen LogP contribution in [0.25, 0.3) is 0 Å². The number of carbonyl (C=O) groups is 3. The summed E-state index contributed by atoms with van der Waals surface area (Å²) < 4.78 is 0. The average Bonchev–Trinajstić information content (AvgIpc) is 3.08. The Morgan fingerprint density at radius 3 is 2.52 bits per heavy atom. The highest BCUT2D eigenvalue weighted by atomic mass is 16.2. The minimum atomic E-state index is -0.975. The molecule has 1 saturated heterocycles. The molecule has 0 spiro atoms. The molecule has 3 rings (SSSR count). The first-order valence-electron chi connectivity index (χ1n) is 8.78. The number of benzene rings is 1. The normalized spacial score (nSPS) is 20.9. The Kier molecular flexibility index (Phi) is 4.31. The van der Waals surface area contributed by atoms with Gasteiger partial charge in [-0.15, -0.1) is 0 Å². The molecule has 2 aliphatic rings. The molecule has 25 heavy (non-hydrogen) atoms. The quantitative estimate of drug-likeness (QED) is 0.822. The number of nitrogens with one attached hydrogen (secondary N) is 2. The van der Waals surface area contributed by atoms with Gasteiger partial charge in [-0.05, 0) is 63.6 Å². The van der Waals surface area contributed by atoms with Gasteiger partial charge in [0, 0.05) is 0 Å².